The first-order valence-corrected chi connectivity index (χ1v) is 7.76. The average molecular weight is 317 g/mol. The van der Waals surface area contributed by atoms with E-state index in [1.807, 2.05) is 13.8 Å². The van der Waals surface area contributed by atoms with Crippen LogP contribution < -0.4 is 16.4 Å². The second-order valence-corrected chi connectivity index (χ2v) is 5.86. The zero-order valence-corrected chi connectivity index (χ0v) is 14.1. The molecule has 0 heterocycles. The number of carbonyl (C=O) groups excluding carboxylic acids is 3. The third kappa shape index (κ3) is 7.06. The van der Waals surface area contributed by atoms with Crippen molar-refractivity contribution in [2.75, 3.05) is 18.8 Å². The molecule has 0 aliphatic heterocycles. The maximum absolute atomic E-state index is 12.2. The second-order valence-electron chi connectivity index (χ2n) is 5.49. The van der Waals surface area contributed by atoms with Gasteiger partial charge in [-0.1, -0.05) is 20.8 Å². The molecule has 0 rings (SSSR count). The molecular formula is C14H27N3O3S. The largest absolute Gasteiger partial charge is 0.346 e. The molecule has 0 saturated heterocycles. The SMILES string of the molecule is CC(=O)N[C@@H](CS)C(=O)C(C)CN[C@@H](CN)C(=O)C(C)C. The second kappa shape index (κ2) is 9.92. The Morgan fingerprint density at radius 3 is 2.05 bits per heavy atom. The lowest BCUT2D eigenvalue weighted by Crippen LogP contribution is -2.49. The van der Waals surface area contributed by atoms with Crippen LogP contribution in [0.4, 0.5) is 0 Å². The number of Topliss-reactive ketones (excluding diaryl/α,β-unsaturated/α-hetero) is 2. The zero-order valence-electron chi connectivity index (χ0n) is 13.2. The number of nitrogens with two attached hydrogens (primary N) is 1. The van der Waals surface area contributed by atoms with Crippen molar-refractivity contribution in [1.82, 2.24) is 10.6 Å². The van der Waals surface area contributed by atoms with Crippen LogP contribution in [0.15, 0.2) is 0 Å². The fourth-order valence-corrected chi connectivity index (χ4v) is 2.19. The van der Waals surface area contributed by atoms with Crippen molar-refractivity contribution >= 4 is 30.1 Å². The van der Waals surface area contributed by atoms with Gasteiger partial charge in [-0.2, -0.15) is 12.6 Å². The van der Waals surface area contributed by atoms with E-state index in [9.17, 15) is 14.4 Å². The van der Waals surface area contributed by atoms with Gasteiger partial charge in [-0.15, -0.1) is 0 Å². The molecule has 0 aromatic rings. The van der Waals surface area contributed by atoms with Crippen LogP contribution in [-0.2, 0) is 14.4 Å². The molecule has 1 unspecified atom stereocenters. The van der Waals surface area contributed by atoms with Gasteiger partial charge in [-0.05, 0) is 0 Å². The summed E-state index contributed by atoms with van der Waals surface area (Å²) in [6, 6.07) is -1.06. The first-order chi connectivity index (χ1) is 9.74. The van der Waals surface area contributed by atoms with Crippen LogP contribution >= 0.6 is 12.6 Å². The molecule has 3 atom stereocenters. The van der Waals surface area contributed by atoms with Crippen molar-refractivity contribution in [1.29, 1.82) is 0 Å². The van der Waals surface area contributed by atoms with Gasteiger partial charge < -0.3 is 16.4 Å². The van der Waals surface area contributed by atoms with Gasteiger partial charge in [0.05, 0.1) is 12.1 Å². The first-order valence-electron chi connectivity index (χ1n) is 7.13. The maximum Gasteiger partial charge on any atom is 0.217 e. The normalized spacial score (nSPS) is 15.4. The highest BCUT2D eigenvalue weighted by Gasteiger charge is 2.25. The van der Waals surface area contributed by atoms with Crippen LogP contribution in [0.2, 0.25) is 0 Å². The van der Waals surface area contributed by atoms with E-state index in [1.165, 1.54) is 6.92 Å². The molecule has 0 radical (unpaired) electrons. The fraction of sp³-hybridized carbons (Fsp3) is 0.786. The lowest BCUT2D eigenvalue weighted by molar-refractivity contribution is -0.128. The van der Waals surface area contributed by atoms with Crippen molar-refractivity contribution in [2.45, 2.75) is 39.8 Å². The summed E-state index contributed by atoms with van der Waals surface area (Å²) in [4.78, 5) is 35.1. The molecule has 0 aromatic heterocycles. The van der Waals surface area contributed by atoms with Gasteiger partial charge in [-0.3, -0.25) is 14.4 Å². The molecule has 0 spiro atoms. The predicted molar refractivity (Wildman–Crippen MR) is 86.3 cm³/mol. The summed E-state index contributed by atoms with van der Waals surface area (Å²) in [6.45, 7) is 7.27. The smallest absolute Gasteiger partial charge is 0.217 e. The molecular weight excluding hydrogens is 290 g/mol. The fourth-order valence-electron chi connectivity index (χ4n) is 1.92. The molecule has 0 aromatic carbocycles. The van der Waals surface area contributed by atoms with Crippen LogP contribution in [0.5, 0.6) is 0 Å². The molecule has 0 aliphatic carbocycles. The number of thiol groups is 1. The zero-order chi connectivity index (χ0) is 16.6. The molecule has 21 heavy (non-hydrogen) atoms. The number of carbonyl (C=O) groups is 3. The van der Waals surface area contributed by atoms with Crippen molar-refractivity contribution in [3.05, 3.63) is 0 Å². The molecule has 6 nitrogen and oxygen atoms in total. The Balaban J connectivity index is 4.52. The Bertz CT molecular complexity index is 374. The molecule has 1 amide bonds. The number of amides is 1. The van der Waals surface area contributed by atoms with Crippen LogP contribution in [0.25, 0.3) is 0 Å². The maximum atomic E-state index is 12.2. The van der Waals surface area contributed by atoms with E-state index in [4.69, 9.17) is 5.73 Å². The molecule has 122 valence electrons. The van der Waals surface area contributed by atoms with Crippen molar-refractivity contribution in [2.24, 2.45) is 17.6 Å². The van der Waals surface area contributed by atoms with E-state index in [2.05, 4.69) is 23.3 Å². The number of rotatable bonds is 10. The predicted octanol–water partition coefficient (Wildman–Crippen LogP) is -0.232. The number of ketones is 2. The van der Waals surface area contributed by atoms with Gasteiger partial charge in [0.1, 0.15) is 0 Å². The minimum Gasteiger partial charge on any atom is -0.346 e. The average Bonchev–Trinajstić information content (AvgIpc) is 2.43. The summed E-state index contributed by atoms with van der Waals surface area (Å²) in [5.74, 6) is -0.555. The van der Waals surface area contributed by atoms with E-state index in [-0.39, 0.29) is 41.6 Å². The van der Waals surface area contributed by atoms with E-state index >= 15 is 0 Å². The van der Waals surface area contributed by atoms with Crippen molar-refractivity contribution < 1.29 is 14.4 Å². The van der Waals surface area contributed by atoms with E-state index in [0.29, 0.717) is 6.54 Å². The summed E-state index contributed by atoms with van der Waals surface area (Å²) in [5.41, 5.74) is 5.59. The summed E-state index contributed by atoms with van der Waals surface area (Å²) < 4.78 is 0. The summed E-state index contributed by atoms with van der Waals surface area (Å²) in [5, 5.41) is 5.60. The van der Waals surface area contributed by atoms with Gasteiger partial charge in [0.2, 0.25) is 5.91 Å². The van der Waals surface area contributed by atoms with Gasteiger partial charge >= 0.3 is 0 Å². The van der Waals surface area contributed by atoms with E-state index in [1.54, 1.807) is 6.92 Å². The highest BCUT2D eigenvalue weighted by Crippen LogP contribution is 2.05. The summed E-state index contributed by atoms with van der Waals surface area (Å²) >= 11 is 4.08. The van der Waals surface area contributed by atoms with E-state index < -0.39 is 12.1 Å². The molecule has 0 bridgehead atoms. The lowest BCUT2D eigenvalue weighted by Gasteiger charge is -2.22. The van der Waals surface area contributed by atoms with Gasteiger partial charge in [0.25, 0.3) is 0 Å². The monoisotopic (exact) mass is 317 g/mol. The van der Waals surface area contributed by atoms with E-state index in [0.717, 1.165) is 0 Å². The van der Waals surface area contributed by atoms with Crippen LogP contribution in [0.1, 0.15) is 27.7 Å². The Hall–Kier alpha value is -0.920. The summed E-state index contributed by atoms with van der Waals surface area (Å²) in [6.07, 6.45) is 0. The molecule has 0 fully saturated rings. The molecule has 0 aliphatic rings. The Kier molecular flexibility index (Phi) is 9.48. The van der Waals surface area contributed by atoms with Gasteiger partial charge in [0.15, 0.2) is 11.6 Å². The van der Waals surface area contributed by atoms with Crippen LogP contribution in [0, 0.1) is 11.8 Å². The third-order valence-corrected chi connectivity index (χ3v) is 3.57. The van der Waals surface area contributed by atoms with Crippen LogP contribution in [-0.4, -0.2) is 48.4 Å². The Morgan fingerprint density at radius 1 is 1.10 bits per heavy atom. The minimum absolute atomic E-state index is 0.0322. The van der Waals surface area contributed by atoms with Crippen molar-refractivity contribution in [3.8, 4) is 0 Å². The first kappa shape index (κ1) is 20.1. The van der Waals surface area contributed by atoms with Crippen LogP contribution in [0.3, 0.4) is 0 Å². The van der Waals surface area contributed by atoms with Gasteiger partial charge in [0, 0.05) is 37.6 Å². The molecule has 4 N–H and O–H groups in total. The Morgan fingerprint density at radius 2 is 1.67 bits per heavy atom. The highest BCUT2D eigenvalue weighted by molar-refractivity contribution is 7.80. The number of nitrogens with one attached hydrogen (secondary N) is 2. The Labute approximate surface area is 132 Å². The summed E-state index contributed by atoms with van der Waals surface area (Å²) in [7, 11) is 0. The number of hydrogen-bond acceptors (Lipinski definition) is 6. The molecule has 0 saturated carbocycles. The standard InChI is InChI=1S/C14H27N3O3S/c1-8(2)13(19)11(5-15)16-6-9(3)14(20)12(7-21)17-10(4)18/h8-9,11-12,16,21H,5-7,15H2,1-4H3,(H,17,18)/t9?,11-,12-/m0/s1. The minimum atomic E-state index is -0.611. The van der Waals surface area contributed by atoms with Gasteiger partial charge in [-0.25, -0.2) is 0 Å². The topological polar surface area (TPSA) is 101 Å². The highest BCUT2D eigenvalue weighted by atomic mass is 32.1. The molecule has 7 heteroatoms. The third-order valence-electron chi connectivity index (χ3n) is 3.21. The quantitative estimate of drug-likeness (QED) is 0.417. The van der Waals surface area contributed by atoms with Crippen molar-refractivity contribution in [3.63, 3.8) is 0 Å². The lowest BCUT2D eigenvalue weighted by atomic mass is 9.98. The number of hydrogen-bond donors (Lipinski definition) is 4.